The molecule has 0 fully saturated rings. The number of nitrogens with zero attached hydrogens (tertiary/aromatic N) is 1. The Labute approximate surface area is 123 Å². The number of nitrogen functional groups attached to an aromatic ring is 1. The monoisotopic (exact) mass is 284 g/mol. The van der Waals surface area contributed by atoms with Crippen molar-refractivity contribution in [3.8, 4) is 11.8 Å². The highest BCUT2D eigenvalue weighted by Gasteiger charge is 2.06. The molecular formula is C16H16N2OS. The van der Waals surface area contributed by atoms with Gasteiger partial charge in [-0.15, -0.1) is 11.8 Å². The molecule has 0 aliphatic rings. The van der Waals surface area contributed by atoms with Crippen LogP contribution in [0.2, 0.25) is 0 Å². The van der Waals surface area contributed by atoms with E-state index >= 15 is 0 Å². The van der Waals surface area contributed by atoms with Gasteiger partial charge in [-0.05, 0) is 36.2 Å². The topological polar surface area (TPSA) is 59.0 Å². The van der Waals surface area contributed by atoms with E-state index in [2.05, 4.69) is 6.07 Å². The minimum atomic E-state index is 0.552. The third-order valence-corrected chi connectivity index (χ3v) is 4.21. The van der Waals surface area contributed by atoms with Crippen LogP contribution in [0.15, 0.2) is 41.3 Å². The van der Waals surface area contributed by atoms with Gasteiger partial charge in [-0.1, -0.05) is 18.2 Å². The minimum Gasteiger partial charge on any atom is -0.495 e. The molecule has 2 rings (SSSR count). The summed E-state index contributed by atoms with van der Waals surface area (Å²) in [6.45, 7) is 2.00. The van der Waals surface area contributed by atoms with Crippen LogP contribution in [-0.4, -0.2) is 7.11 Å². The molecule has 20 heavy (non-hydrogen) atoms. The van der Waals surface area contributed by atoms with Crippen molar-refractivity contribution in [1.29, 1.82) is 5.26 Å². The number of ether oxygens (including phenoxy) is 1. The molecule has 2 aromatic carbocycles. The van der Waals surface area contributed by atoms with E-state index < -0.39 is 0 Å². The van der Waals surface area contributed by atoms with Gasteiger partial charge in [0.2, 0.25) is 0 Å². The molecule has 3 nitrogen and oxygen atoms in total. The molecule has 0 aliphatic heterocycles. The fourth-order valence-corrected chi connectivity index (χ4v) is 2.85. The second-order valence-corrected chi connectivity index (χ2v) is 5.44. The summed E-state index contributed by atoms with van der Waals surface area (Å²) in [6.07, 6.45) is 0. The Bertz CT molecular complexity index is 662. The van der Waals surface area contributed by atoms with Crippen LogP contribution in [0.5, 0.6) is 5.75 Å². The third kappa shape index (κ3) is 3.06. The molecule has 0 amide bonds. The molecule has 2 N–H and O–H groups in total. The maximum absolute atomic E-state index is 8.96. The Kier molecular flexibility index (Phi) is 4.54. The number of aryl methyl sites for hydroxylation is 1. The fraction of sp³-hybridized carbons (Fsp3) is 0.188. The van der Waals surface area contributed by atoms with Gasteiger partial charge in [0.15, 0.2) is 0 Å². The third-order valence-electron chi connectivity index (χ3n) is 3.06. The predicted octanol–water partition coefficient (Wildman–Crippen LogP) is 3.75. The summed E-state index contributed by atoms with van der Waals surface area (Å²) in [6, 6.07) is 13.8. The number of methoxy groups -OCH3 is 1. The number of hydrogen-bond donors (Lipinski definition) is 1. The molecule has 0 radical (unpaired) electrons. The van der Waals surface area contributed by atoms with E-state index in [0.717, 1.165) is 27.5 Å². The average molecular weight is 284 g/mol. The first-order valence-corrected chi connectivity index (χ1v) is 7.19. The zero-order valence-electron chi connectivity index (χ0n) is 11.5. The maximum Gasteiger partial charge on any atom is 0.136 e. The highest BCUT2D eigenvalue weighted by atomic mass is 32.2. The van der Waals surface area contributed by atoms with E-state index in [4.69, 9.17) is 15.7 Å². The van der Waals surface area contributed by atoms with Gasteiger partial charge in [-0.3, -0.25) is 0 Å². The van der Waals surface area contributed by atoms with E-state index in [-0.39, 0.29) is 0 Å². The van der Waals surface area contributed by atoms with Crippen molar-refractivity contribution in [3.63, 3.8) is 0 Å². The first kappa shape index (κ1) is 14.3. The van der Waals surface area contributed by atoms with Crippen LogP contribution in [0.25, 0.3) is 0 Å². The number of nitrogens with two attached hydrogens (primary N) is 1. The lowest BCUT2D eigenvalue weighted by Gasteiger charge is -2.09. The number of benzene rings is 2. The van der Waals surface area contributed by atoms with Crippen molar-refractivity contribution in [2.45, 2.75) is 17.6 Å². The number of rotatable bonds is 4. The van der Waals surface area contributed by atoms with Crippen molar-refractivity contribution >= 4 is 17.4 Å². The molecule has 0 unspecified atom stereocenters. The average Bonchev–Trinajstić information content (AvgIpc) is 2.48. The second kappa shape index (κ2) is 6.36. The lowest BCUT2D eigenvalue weighted by molar-refractivity contribution is 0.413. The van der Waals surface area contributed by atoms with Crippen LogP contribution in [0.1, 0.15) is 16.7 Å². The summed E-state index contributed by atoms with van der Waals surface area (Å²) < 4.78 is 5.22. The van der Waals surface area contributed by atoms with Gasteiger partial charge in [-0.2, -0.15) is 5.26 Å². The van der Waals surface area contributed by atoms with Crippen LogP contribution in [0.4, 0.5) is 5.69 Å². The van der Waals surface area contributed by atoms with Gasteiger partial charge in [0.1, 0.15) is 11.8 Å². The summed E-state index contributed by atoms with van der Waals surface area (Å²) in [5.41, 5.74) is 9.64. The second-order valence-electron chi connectivity index (χ2n) is 4.42. The SMILES string of the molecule is COc1cc(CSc2cccc(C)c2N)ccc1C#N. The predicted molar refractivity (Wildman–Crippen MR) is 82.9 cm³/mol. The van der Waals surface area contributed by atoms with Crippen molar-refractivity contribution in [2.24, 2.45) is 0 Å². The van der Waals surface area contributed by atoms with E-state index in [1.54, 1.807) is 24.9 Å². The van der Waals surface area contributed by atoms with Gasteiger partial charge in [-0.25, -0.2) is 0 Å². The Balaban J connectivity index is 2.15. The Morgan fingerprint density at radius 1 is 1.30 bits per heavy atom. The summed E-state index contributed by atoms with van der Waals surface area (Å²) >= 11 is 1.68. The van der Waals surface area contributed by atoms with Gasteiger partial charge < -0.3 is 10.5 Å². The van der Waals surface area contributed by atoms with E-state index in [0.29, 0.717) is 11.3 Å². The lowest BCUT2D eigenvalue weighted by Crippen LogP contribution is -1.93. The quantitative estimate of drug-likeness (QED) is 0.686. The minimum absolute atomic E-state index is 0.552. The standard InChI is InChI=1S/C16H16N2OS/c1-11-4-3-5-15(16(11)18)20-10-12-6-7-13(9-17)14(8-12)19-2/h3-8H,10,18H2,1-2H3. The first-order chi connectivity index (χ1) is 9.65. The van der Waals surface area contributed by atoms with Gasteiger partial charge in [0.25, 0.3) is 0 Å². The Morgan fingerprint density at radius 2 is 2.10 bits per heavy atom. The van der Waals surface area contributed by atoms with Crippen LogP contribution < -0.4 is 10.5 Å². The molecule has 0 bridgehead atoms. The first-order valence-electron chi connectivity index (χ1n) is 6.20. The molecule has 2 aromatic rings. The Morgan fingerprint density at radius 3 is 2.80 bits per heavy atom. The zero-order chi connectivity index (χ0) is 14.5. The smallest absolute Gasteiger partial charge is 0.136 e. The molecule has 0 spiro atoms. The largest absolute Gasteiger partial charge is 0.495 e. The van der Waals surface area contributed by atoms with Crippen LogP contribution in [-0.2, 0) is 5.75 Å². The van der Waals surface area contributed by atoms with E-state index in [1.807, 2.05) is 37.3 Å². The molecule has 0 saturated heterocycles. The van der Waals surface area contributed by atoms with Crippen LogP contribution >= 0.6 is 11.8 Å². The molecule has 0 aromatic heterocycles. The highest BCUT2D eigenvalue weighted by Crippen LogP contribution is 2.31. The molecule has 0 saturated carbocycles. The number of hydrogen-bond acceptors (Lipinski definition) is 4. The zero-order valence-corrected chi connectivity index (χ0v) is 12.3. The molecule has 0 heterocycles. The van der Waals surface area contributed by atoms with Crippen LogP contribution in [0.3, 0.4) is 0 Å². The van der Waals surface area contributed by atoms with Crippen molar-refractivity contribution in [3.05, 3.63) is 53.1 Å². The van der Waals surface area contributed by atoms with Crippen molar-refractivity contribution in [1.82, 2.24) is 0 Å². The number of anilines is 1. The summed E-state index contributed by atoms with van der Waals surface area (Å²) in [7, 11) is 1.58. The summed E-state index contributed by atoms with van der Waals surface area (Å²) in [5.74, 6) is 1.40. The molecular weight excluding hydrogens is 268 g/mol. The molecule has 102 valence electrons. The van der Waals surface area contributed by atoms with Crippen molar-refractivity contribution in [2.75, 3.05) is 12.8 Å². The molecule has 0 aliphatic carbocycles. The Hall–Kier alpha value is -2.12. The van der Waals surface area contributed by atoms with Crippen LogP contribution in [0, 0.1) is 18.3 Å². The van der Waals surface area contributed by atoms with Gasteiger partial charge in [0, 0.05) is 16.3 Å². The summed E-state index contributed by atoms with van der Waals surface area (Å²) in [4.78, 5) is 1.08. The van der Waals surface area contributed by atoms with Crippen molar-refractivity contribution < 1.29 is 4.74 Å². The van der Waals surface area contributed by atoms with Gasteiger partial charge >= 0.3 is 0 Å². The number of nitriles is 1. The molecule has 0 atom stereocenters. The summed E-state index contributed by atoms with van der Waals surface area (Å²) in [5, 5.41) is 8.96. The lowest BCUT2D eigenvalue weighted by atomic mass is 10.1. The maximum atomic E-state index is 8.96. The normalized spacial score (nSPS) is 10.1. The molecule has 4 heteroatoms. The number of para-hydroxylation sites is 1. The van der Waals surface area contributed by atoms with E-state index in [1.165, 1.54) is 0 Å². The fourth-order valence-electron chi connectivity index (χ4n) is 1.86. The van der Waals surface area contributed by atoms with Gasteiger partial charge in [0.05, 0.1) is 12.7 Å². The highest BCUT2D eigenvalue weighted by molar-refractivity contribution is 7.98. The van der Waals surface area contributed by atoms with E-state index in [9.17, 15) is 0 Å². The number of thioether (sulfide) groups is 1.